The number of azo groups is 1. The average Bonchev–Trinajstić information content (AvgIpc) is 2.73. The molecule has 1 fully saturated rings. The van der Waals surface area contributed by atoms with Gasteiger partial charge in [0.15, 0.2) is 5.82 Å². The number of nitrogen functional groups attached to an aromatic ring is 2. The monoisotopic (exact) mass is 413 g/mol. The molecule has 162 valence electrons. The molecule has 10 nitrogen and oxygen atoms in total. The number of rotatable bonds is 9. The third-order valence-electron chi connectivity index (χ3n) is 5.03. The molecule has 1 aromatic heterocycles. The van der Waals surface area contributed by atoms with E-state index in [0.717, 1.165) is 49.7 Å². The van der Waals surface area contributed by atoms with Crippen molar-refractivity contribution in [1.29, 1.82) is 0 Å². The van der Waals surface area contributed by atoms with Crippen molar-refractivity contribution in [1.82, 2.24) is 15.3 Å². The van der Waals surface area contributed by atoms with Gasteiger partial charge in [-0.2, -0.15) is 15.2 Å². The number of hydrogen-bond acceptors (Lipinski definition) is 10. The first kappa shape index (κ1) is 21.7. The summed E-state index contributed by atoms with van der Waals surface area (Å²) in [4.78, 5) is 12.9. The van der Waals surface area contributed by atoms with E-state index in [1.807, 2.05) is 6.92 Å². The molecular formula is C20H31N9O. The van der Waals surface area contributed by atoms with Crippen LogP contribution in [0.25, 0.3) is 0 Å². The third kappa shape index (κ3) is 5.77. The molecule has 1 aliphatic heterocycles. The lowest BCUT2D eigenvalue weighted by Crippen LogP contribution is -2.47. The molecule has 2 aromatic rings. The van der Waals surface area contributed by atoms with E-state index in [4.69, 9.17) is 16.6 Å². The van der Waals surface area contributed by atoms with Gasteiger partial charge in [0.25, 0.3) is 0 Å². The maximum absolute atomic E-state index is 8.69. The Kier molecular flexibility index (Phi) is 7.75. The first-order chi connectivity index (χ1) is 14.6. The van der Waals surface area contributed by atoms with Crippen LogP contribution in [-0.2, 0) is 6.54 Å². The number of nitrogens with zero attached hydrogens (tertiary/aromatic N) is 6. The standard InChI is InChI=1S/C20H31N9O/c1-15-18(19(21)27-20(22)26-15)29-11-9-28(10-12-29)17-4-2-16(3-5-17)14-25-24-7-6-23-8-13-30/h2-5,23,30H,6-14H2,1H3,(H4,21,22,26,27). The second kappa shape index (κ2) is 10.7. The lowest BCUT2D eigenvalue weighted by molar-refractivity contribution is 0.293. The van der Waals surface area contributed by atoms with Crippen molar-refractivity contribution >= 4 is 23.1 Å². The molecule has 0 atom stereocenters. The summed E-state index contributed by atoms with van der Waals surface area (Å²) in [5.74, 6) is 0.654. The molecule has 0 aliphatic carbocycles. The van der Waals surface area contributed by atoms with Gasteiger partial charge in [0.2, 0.25) is 5.95 Å². The zero-order valence-corrected chi connectivity index (χ0v) is 17.5. The zero-order chi connectivity index (χ0) is 21.3. The number of benzene rings is 1. The third-order valence-corrected chi connectivity index (χ3v) is 5.03. The van der Waals surface area contributed by atoms with Gasteiger partial charge in [0.05, 0.1) is 25.4 Å². The summed E-state index contributed by atoms with van der Waals surface area (Å²) >= 11 is 0. The van der Waals surface area contributed by atoms with Crippen LogP contribution in [0, 0.1) is 6.92 Å². The Bertz CT molecular complexity index is 810. The van der Waals surface area contributed by atoms with Crippen molar-refractivity contribution in [3.8, 4) is 0 Å². The molecule has 10 heteroatoms. The number of hydrogen-bond donors (Lipinski definition) is 4. The van der Waals surface area contributed by atoms with E-state index in [1.54, 1.807) is 0 Å². The summed E-state index contributed by atoms with van der Waals surface area (Å²) in [7, 11) is 0. The Morgan fingerprint density at radius 3 is 2.37 bits per heavy atom. The Morgan fingerprint density at radius 1 is 1.00 bits per heavy atom. The van der Waals surface area contributed by atoms with E-state index < -0.39 is 0 Å². The largest absolute Gasteiger partial charge is 0.395 e. The quantitative estimate of drug-likeness (QED) is 0.350. The average molecular weight is 414 g/mol. The molecule has 1 aromatic carbocycles. The first-order valence-corrected chi connectivity index (χ1v) is 10.2. The molecule has 1 aliphatic rings. The minimum atomic E-state index is 0.141. The smallest absolute Gasteiger partial charge is 0.222 e. The zero-order valence-electron chi connectivity index (χ0n) is 17.5. The minimum absolute atomic E-state index is 0.141. The normalized spacial score (nSPS) is 14.6. The van der Waals surface area contributed by atoms with Crippen molar-refractivity contribution in [3.05, 3.63) is 35.5 Å². The van der Waals surface area contributed by atoms with Gasteiger partial charge in [-0.1, -0.05) is 12.1 Å². The summed E-state index contributed by atoms with van der Waals surface area (Å²) in [5, 5.41) is 20.1. The van der Waals surface area contributed by atoms with Crippen molar-refractivity contribution in [2.24, 2.45) is 10.2 Å². The van der Waals surface area contributed by atoms with Crippen molar-refractivity contribution in [3.63, 3.8) is 0 Å². The van der Waals surface area contributed by atoms with Crippen LogP contribution in [0.3, 0.4) is 0 Å². The molecule has 2 heterocycles. The predicted molar refractivity (Wildman–Crippen MR) is 120 cm³/mol. The van der Waals surface area contributed by atoms with Gasteiger partial charge in [-0.05, 0) is 24.6 Å². The van der Waals surface area contributed by atoms with Crippen LogP contribution in [0.1, 0.15) is 11.3 Å². The van der Waals surface area contributed by atoms with E-state index in [9.17, 15) is 0 Å². The van der Waals surface area contributed by atoms with E-state index in [0.29, 0.717) is 25.5 Å². The fourth-order valence-electron chi connectivity index (χ4n) is 3.54. The summed E-state index contributed by atoms with van der Waals surface area (Å²) in [6, 6.07) is 8.46. The number of aliphatic hydroxyl groups is 1. The first-order valence-electron chi connectivity index (χ1n) is 10.2. The summed E-state index contributed by atoms with van der Waals surface area (Å²) < 4.78 is 0. The number of nitrogens with two attached hydrogens (primary N) is 2. The molecule has 3 rings (SSSR count). The molecule has 1 saturated heterocycles. The topological polar surface area (TPSA) is 141 Å². The highest BCUT2D eigenvalue weighted by molar-refractivity contribution is 5.68. The summed E-state index contributed by atoms with van der Waals surface area (Å²) in [6.07, 6.45) is 0. The number of piperazine rings is 1. The Balaban J connectivity index is 1.49. The summed E-state index contributed by atoms with van der Waals surface area (Å²) in [5.41, 5.74) is 15.8. The van der Waals surface area contributed by atoms with E-state index in [-0.39, 0.29) is 12.6 Å². The molecule has 6 N–H and O–H groups in total. The van der Waals surface area contributed by atoms with Crippen molar-refractivity contribution < 1.29 is 5.11 Å². The fraction of sp³-hybridized carbons (Fsp3) is 0.500. The van der Waals surface area contributed by atoms with Gasteiger partial charge in [0.1, 0.15) is 5.69 Å². The molecule has 0 bridgehead atoms. The van der Waals surface area contributed by atoms with Gasteiger partial charge in [-0.15, -0.1) is 0 Å². The van der Waals surface area contributed by atoms with Crippen LogP contribution in [0.4, 0.5) is 23.1 Å². The van der Waals surface area contributed by atoms with Gasteiger partial charge in [-0.25, -0.2) is 4.98 Å². The van der Waals surface area contributed by atoms with Gasteiger partial charge in [0, 0.05) is 45.0 Å². The van der Waals surface area contributed by atoms with Crippen LogP contribution in [-0.4, -0.2) is 67.5 Å². The SMILES string of the molecule is Cc1nc(N)nc(N)c1N1CCN(c2ccc(CN=NCCNCCO)cc2)CC1. The Hall–Kier alpha value is -2.98. The van der Waals surface area contributed by atoms with Crippen LogP contribution in [0.15, 0.2) is 34.5 Å². The Morgan fingerprint density at radius 2 is 1.70 bits per heavy atom. The van der Waals surface area contributed by atoms with E-state index in [1.165, 1.54) is 5.69 Å². The van der Waals surface area contributed by atoms with Crippen LogP contribution < -0.4 is 26.6 Å². The number of aromatic nitrogens is 2. The highest BCUT2D eigenvalue weighted by Gasteiger charge is 2.22. The molecule has 0 saturated carbocycles. The van der Waals surface area contributed by atoms with Crippen molar-refractivity contribution in [2.45, 2.75) is 13.5 Å². The molecule has 0 spiro atoms. The minimum Gasteiger partial charge on any atom is -0.395 e. The fourth-order valence-corrected chi connectivity index (χ4v) is 3.54. The molecule has 0 unspecified atom stereocenters. The van der Waals surface area contributed by atoms with Crippen LogP contribution >= 0.6 is 0 Å². The lowest BCUT2D eigenvalue weighted by Gasteiger charge is -2.38. The molecule has 0 amide bonds. The second-order valence-electron chi connectivity index (χ2n) is 7.18. The molecule has 0 radical (unpaired) electrons. The van der Waals surface area contributed by atoms with E-state index >= 15 is 0 Å². The van der Waals surface area contributed by atoms with Crippen molar-refractivity contribution in [2.75, 3.05) is 73.7 Å². The number of aryl methyl sites for hydroxylation is 1. The number of anilines is 4. The predicted octanol–water partition coefficient (Wildman–Crippen LogP) is 0.810. The van der Waals surface area contributed by atoms with E-state index in [2.05, 4.69) is 59.6 Å². The molecule has 30 heavy (non-hydrogen) atoms. The van der Waals surface area contributed by atoms with Crippen LogP contribution in [0.2, 0.25) is 0 Å². The van der Waals surface area contributed by atoms with Gasteiger partial charge < -0.3 is 31.7 Å². The highest BCUT2D eigenvalue weighted by atomic mass is 16.3. The number of nitrogens with one attached hydrogen (secondary N) is 1. The number of aliphatic hydroxyl groups excluding tert-OH is 1. The lowest BCUT2D eigenvalue weighted by atomic mass is 10.1. The maximum atomic E-state index is 8.69. The van der Waals surface area contributed by atoms with Gasteiger partial charge >= 0.3 is 0 Å². The Labute approximate surface area is 177 Å². The van der Waals surface area contributed by atoms with Gasteiger partial charge in [-0.3, -0.25) is 0 Å². The maximum Gasteiger partial charge on any atom is 0.222 e. The van der Waals surface area contributed by atoms with Crippen LogP contribution in [0.5, 0.6) is 0 Å². The highest BCUT2D eigenvalue weighted by Crippen LogP contribution is 2.27. The second-order valence-corrected chi connectivity index (χ2v) is 7.18. The summed E-state index contributed by atoms with van der Waals surface area (Å²) in [6.45, 7) is 8.03. The molecular weight excluding hydrogens is 382 g/mol.